The first kappa shape index (κ1) is 14.0. The molecule has 2 amide bonds. The first-order chi connectivity index (χ1) is 10.2. The van der Waals surface area contributed by atoms with Gasteiger partial charge in [-0.15, -0.1) is 0 Å². The van der Waals surface area contributed by atoms with Crippen LogP contribution in [-0.4, -0.2) is 40.8 Å². The third kappa shape index (κ3) is 2.90. The number of hydrogen-bond donors (Lipinski definition) is 2. The number of nitrogens with two attached hydrogens (primary N) is 1. The van der Waals surface area contributed by atoms with Gasteiger partial charge in [0.1, 0.15) is 0 Å². The Morgan fingerprint density at radius 2 is 2.33 bits per heavy atom. The predicted octanol–water partition coefficient (Wildman–Crippen LogP) is 0.281. The molecule has 0 aliphatic carbocycles. The molecule has 112 valence electrons. The Labute approximate surface area is 123 Å². The van der Waals surface area contributed by atoms with Crippen LogP contribution in [0.5, 0.6) is 0 Å². The molecule has 1 aromatic rings. The number of carbonyl (C=O) groups excluding carboxylic acids is 2. The van der Waals surface area contributed by atoms with Crippen LogP contribution >= 0.6 is 0 Å². The van der Waals surface area contributed by atoms with E-state index in [0.717, 1.165) is 18.5 Å². The smallest absolute Gasteiger partial charge is 0.253 e. The second-order valence-electron chi connectivity index (χ2n) is 5.75. The van der Waals surface area contributed by atoms with Crippen molar-refractivity contribution in [3.63, 3.8) is 0 Å². The zero-order valence-electron chi connectivity index (χ0n) is 11.9. The molecule has 1 aromatic heterocycles. The number of pyridine rings is 1. The highest BCUT2D eigenvalue weighted by Crippen LogP contribution is 2.26. The van der Waals surface area contributed by atoms with Crippen molar-refractivity contribution in [2.45, 2.75) is 31.8 Å². The number of fused-ring (bicyclic) bond motifs is 1. The Balaban J connectivity index is 1.70. The largest absolute Gasteiger partial charge is 0.353 e. The average molecular weight is 288 g/mol. The van der Waals surface area contributed by atoms with E-state index in [9.17, 15) is 9.59 Å². The van der Waals surface area contributed by atoms with Gasteiger partial charge in [0.05, 0.1) is 5.69 Å². The van der Waals surface area contributed by atoms with Gasteiger partial charge in [-0.05, 0) is 30.9 Å². The molecule has 2 unspecified atom stereocenters. The van der Waals surface area contributed by atoms with Gasteiger partial charge in [-0.3, -0.25) is 14.6 Å². The zero-order chi connectivity index (χ0) is 14.8. The van der Waals surface area contributed by atoms with Gasteiger partial charge in [0.2, 0.25) is 5.91 Å². The highest BCUT2D eigenvalue weighted by atomic mass is 16.2. The second-order valence-corrected chi connectivity index (χ2v) is 5.75. The minimum atomic E-state index is 0.0300. The van der Waals surface area contributed by atoms with E-state index in [1.54, 1.807) is 18.3 Å². The highest BCUT2D eigenvalue weighted by Gasteiger charge is 2.35. The van der Waals surface area contributed by atoms with Crippen LogP contribution in [0.2, 0.25) is 0 Å². The van der Waals surface area contributed by atoms with Gasteiger partial charge in [0.15, 0.2) is 0 Å². The van der Waals surface area contributed by atoms with E-state index < -0.39 is 0 Å². The van der Waals surface area contributed by atoms with Crippen molar-refractivity contribution in [2.24, 2.45) is 11.7 Å². The van der Waals surface area contributed by atoms with Crippen molar-refractivity contribution in [2.75, 3.05) is 13.1 Å². The van der Waals surface area contributed by atoms with Gasteiger partial charge in [-0.1, -0.05) is 0 Å². The van der Waals surface area contributed by atoms with Crippen LogP contribution in [0.15, 0.2) is 18.3 Å². The minimum Gasteiger partial charge on any atom is -0.353 e. The summed E-state index contributed by atoms with van der Waals surface area (Å²) in [7, 11) is 0. The van der Waals surface area contributed by atoms with Gasteiger partial charge in [0, 0.05) is 43.9 Å². The van der Waals surface area contributed by atoms with Gasteiger partial charge in [-0.25, -0.2) is 0 Å². The summed E-state index contributed by atoms with van der Waals surface area (Å²) in [6, 6.07) is 3.72. The SMILES string of the molecule is NCc1cc(C(=O)N2CCC3NC(=O)CCC3C2)ccn1. The quantitative estimate of drug-likeness (QED) is 0.818. The number of carbonyl (C=O) groups is 2. The van der Waals surface area contributed by atoms with Crippen molar-refractivity contribution in [3.05, 3.63) is 29.6 Å². The molecule has 6 nitrogen and oxygen atoms in total. The molecule has 3 N–H and O–H groups in total. The van der Waals surface area contributed by atoms with Crippen LogP contribution < -0.4 is 11.1 Å². The van der Waals surface area contributed by atoms with Crippen LogP contribution in [0.1, 0.15) is 35.3 Å². The highest BCUT2D eigenvalue weighted by molar-refractivity contribution is 5.94. The van der Waals surface area contributed by atoms with Crippen LogP contribution in [0.3, 0.4) is 0 Å². The van der Waals surface area contributed by atoms with Crippen LogP contribution in [0.4, 0.5) is 0 Å². The lowest BCUT2D eigenvalue weighted by atomic mass is 9.85. The molecule has 2 atom stereocenters. The fourth-order valence-corrected chi connectivity index (χ4v) is 3.20. The Hall–Kier alpha value is -1.95. The third-order valence-electron chi connectivity index (χ3n) is 4.38. The Bertz CT molecular complexity index is 560. The summed E-state index contributed by atoms with van der Waals surface area (Å²) in [6.07, 6.45) is 3.89. The van der Waals surface area contributed by atoms with Gasteiger partial charge in [-0.2, -0.15) is 0 Å². The Morgan fingerprint density at radius 1 is 1.48 bits per heavy atom. The molecule has 0 aromatic carbocycles. The van der Waals surface area contributed by atoms with Crippen molar-refractivity contribution >= 4 is 11.8 Å². The molecule has 6 heteroatoms. The number of nitrogens with zero attached hydrogens (tertiary/aromatic N) is 2. The molecule has 0 spiro atoms. The lowest BCUT2D eigenvalue weighted by molar-refractivity contribution is -0.125. The Morgan fingerprint density at radius 3 is 3.14 bits per heavy atom. The fraction of sp³-hybridized carbons (Fsp3) is 0.533. The summed E-state index contributed by atoms with van der Waals surface area (Å²) in [6.45, 7) is 1.72. The summed E-state index contributed by atoms with van der Waals surface area (Å²) in [5.74, 6) is 0.538. The predicted molar refractivity (Wildman–Crippen MR) is 77.3 cm³/mol. The second kappa shape index (κ2) is 5.81. The number of likely N-dealkylation sites (tertiary alicyclic amines) is 1. The standard InChI is InChI=1S/C15H20N4O2/c16-8-12-7-10(3-5-17-12)15(21)19-6-4-13-11(9-19)1-2-14(20)18-13/h3,5,7,11,13H,1-2,4,6,8-9,16H2,(H,18,20). The topological polar surface area (TPSA) is 88.3 Å². The summed E-state index contributed by atoms with van der Waals surface area (Å²) >= 11 is 0. The number of hydrogen-bond acceptors (Lipinski definition) is 4. The summed E-state index contributed by atoms with van der Waals surface area (Å²) < 4.78 is 0. The molecule has 0 radical (unpaired) electrons. The van der Waals surface area contributed by atoms with Gasteiger partial charge < -0.3 is 16.0 Å². The van der Waals surface area contributed by atoms with Gasteiger partial charge >= 0.3 is 0 Å². The van der Waals surface area contributed by atoms with E-state index in [1.807, 2.05) is 4.90 Å². The van der Waals surface area contributed by atoms with E-state index in [-0.39, 0.29) is 17.9 Å². The van der Waals surface area contributed by atoms with Crippen molar-refractivity contribution in [1.82, 2.24) is 15.2 Å². The van der Waals surface area contributed by atoms with Crippen LogP contribution in [-0.2, 0) is 11.3 Å². The average Bonchev–Trinajstić information content (AvgIpc) is 2.53. The molecule has 2 fully saturated rings. The van der Waals surface area contributed by atoms with E-state index >= 15 is 0 Å². The monoisotopic (exact) mass is 288 g/mol. The van der Waals surface area contributed by atoms with E-state index in [2.05, 4.69) is 10.3 Å². The number of amides is 2. The van der Waals surface area contributed by atoms with E-state index in [0.29, 0.717) is 37.5 Å². The molecular formula is C15H20N4O2. The first-order valence-electron chi connectivity index (χ1n) is 7.41. The lowest BCUT2D eigenvalue weighted by Crippen LogP contribution is -2.55. The normalized spacial score (nSPS) is 25.2. The number of aromatic nitrogens is 1. The minimum absolute atomic E-state index is 0.0300. The molecule has 0 saturated carbocycles. The van der Waals surface area contributed by atoms with E-state index in [1.165, 1.54) is 0 Å². The fourth-order valence-electron chi connectivity index (χ4n) is 3.20. The maximum Gasteiger partial charge on any atom is 0.253 e. The Kier molecular flexibility index (Phi) is 3.88. The van der Waals surface area contributed by atoms with Crippen molar-refractivity contribution < 1.29 is 9.59 Å². The number of rotatable bonds is 2. The number of piperidine rings is 2. The molecule has 3 rings (SSSR count). The molecule has 0 bridgehead atoms. The summed E-state index contributed by atoms with van der Waals surface area (Å²) in [5, 5.41) is 3.03. The molecule has 2 aliphatic heterocycles. The summed E-state index contributed by atoms with van der Waals surface area (Å²) in [5.41, 5.74) is 6.94. The van der Waals surface area contributed by atoms with Crippen LogP contribution in [0.25, 0.3) is 0 Å². The maximum absolute atomic E-state index is 12.6. The van der Waals surface area contributed by atoms with Crippen LogP contribution in [0, 0.1) is 5.92 Å². The molecule has 2 aliphatic rings. The lowest BCUT2D eigenvalue weighted by Gasteiger charge is -2.41. The maximum atomic E-state index is 12.6. The first-order valence-corrected chi connectivity index (χ1v) is 7.41. The van der Waals surface area contributed by atoms with E-state index in [4.69, 9.17) is 5.73 Å². The van der Waals surface area contributed by atoms with Crippen molar-refractivity contribution in [1.29, 1.82) is 0 Å². The summed E-state index contributed by atoms with van der Waals surface area (Å²) in [4.78, 5) is 30.0. The molecule has 3 heterocycles. The molecule has 21 heavy (non-hydrogen) atoms. The van der Waals surface area contributed by atoms with Crippen molar-refractivity contribution in [3.8, 4) is 0 Å². The number of nitrogens with one attached hydrogen (secondary N) is 1. The third-order valence-corrected chi connectivity index (χ3v) is 4.38. The molecular weight excluding hydrogens is 268 g/mol. The molecule has 2 saturated heterocycles. The van der Waals surface area contributed by atoms with Gasteiger partial charge in [0.25, 0.3) is 5.91 Å². The zero-order valence-corrected chi connectivity index (χ0v) is 11.9.